The van der Waals surface area contributed by atoms with E-state index >= 15 is 0 Å². The van der Waals surface area contributed by atoms with E-state index in [-0.39, 0.29) is 12.5 Å². The van der Waals surface area contributed by atoms with E-state index in [9.17, 15) is 4.79 Å². The summed E-state index contributed by atoms with van der Waals surface area (Å²) in [6.07, 6.45) is 4.80. The molecule has 0 saturated heterocycles. The van der Waals surface area contributed by atoms with Gasteiger partial charge < -0.3 is 14.8 Å². The van der Waals surface area contributed by atoms with E-state index in [0.29, 0.717) is 28.6 Å². The molecule has 1 aliphatic rings. The highest BCUT2D eigenvalue weighted by molar-refractivity contribution is 7.80. The maximum atomic E-state index is 11.9. The van der Waals surface area contributed by atoms with Crippen LogP contribution in [0.5, 0.6) is 11.5 Å². The van der Waals surface area contributed by atoms with Crippen LogP contribution in [-0.2, 0) is 4.79 Å². The molecule has 2 atom stereocenters. The normalized spacial score (nSPS) is 19.9. The number of hydrogen-bond donors (Lipinski definition) is 3. The molecule has 0 aromatic heterocycles. The van der Waals surface area contributed by atoms with E-state index in [4.69, 9.17) is 21.7 Å². The zero-order valence-corrected chi connectivity index (χ0v) is 14.9. The van der Waals surface area contributed by atoms with Crippen molar-refractivity contribution < 1.29 is 14.3 Å². The van der Waals surface area contributed by atoms with Crippen molar-refractivity contribution in [3.05, 3.63) is 24.3 Å². The van der Waals surface area contributed by atoms with Crippen molar-refractivity contribution in [3.63, 3.8) is 0 Å². The minimum atomic E-state index is -0.318. The molecule has 24 heavy (non-hydrogen) atoms. The summed E-state index contributed by atoms with van der Waals surface area (Å²) in [7, 11) is 1.56. The van der Waals surface area contributed by atoms with E-state index < -0.39 is 0 Å². The number of carbonyl (C=O) groups excluding carboxylic acids is 1. The van der Waals surface area contributed by atoms with Gasteiger partial charge >= 0.3 is 0 Å². The molecule has 0 spiro atoms. The maximum absolute atomic E-state index is 11.9. The van der Waals surface area contributed by atoms with Gasteiger partial charge in [0.05, 0.1) is 7.11 Å². The number of carbonyl (C=O) groups is 1. The molecular formula is C17H25N3O3S. The Morgan fingerprint density at radius 2 is 1.92 bits per heavy atom. The third-order valence-corrected chi connectivity index (χ3v) is 4.39. The summed E-state index contributed by atoms with van der Waals surface area (Å²) in [5, 5.41) is 3.69. The standard InChI is InChI=1S/C17H25N3O3S/c1-12-7-3-4-8-13(12)18-17(24)20-19-16(21)11-23-15-10-6-5-9-14(15)22-2/h5-6,9-10,12-13H,3-4,7-8,11H2,1-2H3,(H,19,21)(H2,18,20,24)/t12-,13-/m1/s1. The number of rotatable bonds is 5. The Hall–Kier alpha value is -2.02. The number of hydrazine groups is 1. The first-order chi connectivity index (χ1) is 11.6. The van der Waals surface area contributed by atoms with Crippen molar-refractivity contribution >= 4 is 23.2 Å². The first kappa shape index (κ1) is 18.3. The minimum Gasteiger partial charge on any atom is -0.493 e. The van der Waals surface area contributed by atoms with Crippen LogP contribution in [0.15, 0.2) is 24.3 Å². The van der Waals surface area contributed by atoms with Crippen LogP contribution in [0.1, 0.15) is 32.6 Å². The van der Waals surface area contributed by atoms with Gasteiger partial charge in [-0.15, -0.1) is 0 Å². The lowest BCUT2D eigenvalue weighted by Gasteiger charge is -2.30. The Kier molecular flexibility index (Phi) is 7.11. The topological polar surface area (TPSA) is 71.6 Å². The fourth-order valence-corrected chi connectivity index (χ4v) is 2.98. The largest absolute Gasteiger partial charge is 0.493 e. The Morgan fingerprint density at radius 1 is 1.21 bits per heavy atom. The number of benzene rings is 1. The highest BCUT2D eigenvalue weighted by Gasteiger charge is 2.21. The second-order valence-corrected chi connectivity index (χ2v) is 6.36. The average Bonchev–Trinajstić information content (AvgIpc) is 2.60. The summed E-state index contributed by atoms with van der Waals surface area (Å²) in [5.74, 6) is 1.37. The first-order valence-electron chi connectivity index (χ1n) is 8.21. The second kappa shape index (κ2) is 9.32. The molecule has 0 heterocycles. The molecule has 0 radical (unpaired) electrons. The molecule has 2 rings (SSSR count). The van der Waals surface area contributed by atoms with Crippen molar-refractivity contribution in [1.82, 2.24) is 16.2 Å². The van der Waals surface area contributed by atoms with Crippen LogP contribution in [0, 0.1) is 5.92 Å². The van der Waals surface area contributed by atoms with Gasteiger partial charge in [-0.3, -0.25) is 15.6 Å². The summed E-state index contributed by atoms with van der Waals surface area (Å²) in [6.45, 7) is 2.09. The van der Waals surface area contributed by atoms with Crippen LogP contribution in [-0.4, -0.2) is 30.8 Å². The molecule has 1 aliphatic carbocycles. The SMILES string of the molecule is COc1ccccc1OCC(=O)NNC(=S)N[C@@H]1CCCC[C@H]1C. The average molecular weight is 351 g/mol. The minimum absolute atomic E-state index is 0.129. The van der Waals surface area contributed by atoms with E-state index in [0.717, 1.165) is 6.42 Å². The first-order valence-corrected chi connectivity index (χ1v) is 8.62. The van der Waals surface area contributed by atoms with Crippen LogP contribution in [0.4, 0.5) is 0 Å². The molecule has 0 unspecified atom stereocenters. The van der Waals surface area contributed by atoms with Crippen LogP contribution in [0.25, 0.3) is 0 Å². The number of hydrogen-bond acceptors (Lipinski definition) is 4. The number of para-hydroxylation sites is 2. The quantitative estimate of drug-likeness (QED) is 0.558. The molecule has 1 fully saturated rings. The van der Waals surface area contributed by atoms with Gasteiger partial charge in [0.25, 0.3) is 5.91 Å². The predicted molar refractivity (Wildman–Crippen MR) is 96.9 cm³/mol. The van der Waals surface area contributed by atoms with E-state index in [1.165, 1.54) is 19.3 Å². The van der Waals surface area contributed by atoms with Gasteiger partial charge in [-0.1, -0.05) is 31.9 Å². The lowest BCUT2D eigenvalue weighted by molar-refractivity contribution is -0.123. The molecule has 132 valence electrons. The van der Waals surface area contributed by atoms with Crippen molar-refractivity contribution in [3.8, 4) is 11.5 Å². The van der Waals surface area contributed by atoms with Crippen LogP contribution >= 0.6 is 12.2 Å². The molecule has 1 saturated carbocycles. The molecule has 1 aromatic rings. The summed E-state index contributed by atoms with van der Waals surface area (Å²) >= 11 is 5.23. The smallest absolute Gasteiger partial charge is 0.276 e. The lowest BCUT2D eigenvalue weighted by Crippen LogP contribution is -2.52. The monoisotopic (exact) mass is 351 g/mol. The molecule has 1 amide bonds. The lowest BCUT2D eigenvalue weighted by atomic mass is 9.86. The second-order valence-electron chi connectivity index (χ2n) is 5.95. The summed E-state index contributed by atoms with van der Waals surface area (Å²) < 4.78 is 10.6. The molecule has 6 nitrogen and oxygen atoms in total. The fraction of sp³-hybridized carbons (Fsp3) is 0.529. The number of ether oxygens (including phenoxy) is 2. The molecule has 3 N–H and O–H groups in total. The summed E-state index contributed by atoms with van der Waals surface area (Å²) in [4.78, 5) is 11.9. The molecule has 7 heteroatoms. The maximum Gasteiger partial charge on any atom is 0.276 e. The molecule has 1 aromatic carbocycles. The van der Waals surface area contributed by atoms with Gasteiger partial charge in [0.2, 0.25) is 0 Å². The highest BCUT2D eigenvalue weighted by Crippen LogP contribution is 2.25. The van der Waals surface area contributed by atoms with E-state index in [1.54, 1.807) is 19.2 Å². The fourth-order valence-electron chi connectivity index (χ4n) is 2.78. The Balaban J connectivity index is 1.69. The number of amides is 1. The van der Waals surface area contributed by atoms with Gasteiger partial charge in [0.15, 0.2) is 23.2 Å². The van der Waals surface area contributed by atoms with Gasteiger partial charge in [-0.25, -0.2) is 0 Å². The zero-order valence-electron chi connectivity index (χ0n) is 14.1. The van der Waals surface area contributed by atoms with Gasteiger partial charge in [0, 0.05) is 6.04 Å². The van der Waals surface area contributed by atoms with Gasteiger partial charge in [0.1, 0.15) is 0 Å². The third-order valence-electron chi connectivity index (χ3n) is 4.17. The Bertz CT molecular complexity index is 568. The molecular weight excluding hydrogens is 326 g/mol. The summed E-state index contributed by atoms with van der Waals surface area (Å²) in [5.41, 5.74) is 5.26. The predicted octanol–water partition coefficient (Wildman–Crippen LogP) is 2.15. The van der Waals surface area contributed by atoms with Gasteiger partial charge in [-0.2, -0.15) is 0 Å². The van der Waals surface area contributed by atoms with Crippen molar-refractivity contribution in [2.75, 3.05) is 13.7 Å². The van der Waals surface area contributed by atoms with Crippen LogP contribution in [0.3, 0.4) is 0 Å². The van der Waals surface area contributed by atoms with Crippen molar-refractivity contribution in [1.29, 1.82) is 0 Å². The van der Waals surface area contributed by atoms with Crippen LogP contribution < -0.4 is 25.6 Å². The van der Waals surface area contributed by atoms with Gasteiger partial charge in [-0.05, 0) is 43.1 Å². The Labute approximate surface area is 148 Å². The van der Waals surface area contributed by atoms with Crippen molar-refractivity contribution in [2.24, 2.45) is 5.92 Å². The number of nitrogens with one attached hydrogen (secondary N) is 3. The highest BCUT2D eigenvalue weighted by atomic mass is 32.1. The zero-order chi connectivity index (χ0) is 17.4. The van der Waals surface area contributed by atoms with E-state index in [2.05, 4.69) is 23.1 Å². The third kappa shape index (κ3) is 5.56. The summed E-state index contributed by atoms with van der Waals surface area (Å²) in [6, 6.07) is 7.54. The Morgan fingerprint density at radius 3 is 2.62 bits per heavy atom. The van der Waals surface area contributed by atoms with Crippen LogP contribution in [0.2, 0.25) is 0 Å². The number of thiocarbonyl (C=S) groups is 1. The van der Waals surface area contributed by atoms with E-state index in [1.807, 2.05) is 12.1 Å². The molecule has 0 bridgehead atoms. The molecule has 0 aliphatic heterocycles. The van der Waals surface area contributed by atoms with Crippen molar-refractivity contribution in [2.45, 2.75) is 38.6 Å². The number of methoxy groups -OCH3 is 1.